The first-order valence-corrected chi connectivity index (χ1v) is 8.85. The Morgan fingerprint density at radius 1 is 1.07 bits per heavy atom. The number of halogens is 3. The Labute approximate surface area is 161 Å². The van der Waals surface area contributed by atoms with Gasteiger partial charge in [-0.15, -0.1) is 0 Å². The van der Waals surface area contributed by atoms with E-state index in [-0.39, 0.29) is 6.04 Å². The number of nitrogens with zero attached hydrogens (tertiary/aromatic N) is 3. The second-order valence-electron chi connectivity index (χ2n) is 6.36. The van der Waals surface area contributed by atoms with Crippen LogP contribution in [0.2, 0.25) is 0 Å². The number of nitrogens with one attached hydrogen (secondary N) is 2. The molecule has 0 aliphatic heterocycles. The zero-order valence-corrected chi connectivity index (χ0v) is 15.5. The summed E-state index contributed by atoms with van der Waals surface area (Å²) in [4.78, 5) is 13.1. The standard InChI is InChI=1S/C20H20F3N5/c1-3-13(2)25-19-27-17(14-5-4-10-24-12-14)11-18(28-19)26-16-8-6-15(7-9-16)20(21,22)23/h4-13H,3H2,1-2H3,(H2,25,26,27,28)/t13-/m1/s1. The van der Waals surface area contributed by atoms with E-state index in [1.54, 1.807) is 18.5 Å². The molecule has 5 nitrogen and oxygen atoms in total. The number of alkyl halides is 3. The lowest BCUT2D eigenvalue weighted by Gasteiger charge is -2.15. The lowest BCUT2D eigenvalue weighted by Crippen LogP contribution is -2.16. The highest BCUT2D eigenvalue weighted by molar-refractivity contribution is 5.67. The molecular weight excluding hydrogens is 367 g/mol. The first-order valence-electron chi connectivity index (χ1n) is 8.85. The number of hydrogen-bond acceptors (Lipinski definition) is 5. The number of rotatable bonds is 6. The molecule has 28 heavy (non-hydrogen) atoms. The van der Waals surface area contributed by atoms with E-state index < -0.39 is 11.7 Å². The van der Waals surface area contributed by atoms with Crippen molar-refractivity contribution in [2.75, 3.05) is 10.6 Å². The molecule has 1 aromatic carbocycles. The van der Waals surface area contributed by atoms with Gasteiger partial charge in [0.1, 0.15) is 5.82 Å². The van der Waals surface area contributed by atoms with Crippen LogP contribution in [0, 0.1) is 0 Å². The summed E-state index contributed by atoms with van der Waals surface area (Å²) in [7, 11) is 0. The molecule has 1 atom stereocenters. The van der Waals surface area contributed by atoms with E-state index >= 15 is 0 Å². The van der Waals surface area contributed by atoms with E-state index in [0.29, 0.717) is 23.1 Å². The number of anilines is 3. The third-order valence-electron chi connectivity index (χ3n) is 4.16. The van der Waals surface area contributed by atoms with Crippen molar-refractivity contribution in [1.29, 1.82) is 0 Å². The molecular formula is C20H20F3N5. The molecule has 0 unspecified atom stereocenters. The molecule has 0 fully saturated rings. The molecule has 0 amide bonds. The Morgan fingerprint density at radius 3 is 2.43 bits per heavy atom. The fraction of sp³-hybridized carbons (Fsp3) is 0.250. The zero-order valence-electron chi connectivity index (χ0n) is 15.5. The molecule has 0 saturated carbocycles. The lowest BCUT2D eigenvalue weighted by atomic mass is 10.2. The molecule has 0 aliphatic rings. The molecule has 0 radical (unpaired) electrons. The number of aromatic nitrogens is 3. The normalized spacial score (nSPS) is 12.5. The summed E-state index contributed by atoms with van der Waals surface area (Å²) < 4.78 is 38.2. The molecule has 0 aliphatic carbocycles. The van der Waals surface area contributed by atoms with Crippen molar-refractivity contribution < 1.29 is 13.2 Å². The van der Waals surface area contributed by atoms with Gasteiger partial charge in [-0.2, -0.15) is 18.2 Å². The van der Waals surface area contributed by atoms with E-state index in [9.17, 15) is 13.2 Å². The molecule has 0 saturated heterocycles. The van der Waals surface area contributed by atoms with Crippen molar-refractivity contribution in [2.45, 2.75) is 32.5 Å². The van der Waals surface area contributed by atoms with Crippen LogP contribution in [0.5, 0.6) is 0 Å². The third-order valence-corrected chi connectivity index (χ3v) is 4.16. The summed E-state index contributed by atoms with van der Waals surface area (Å²) in [5.74, 6) is 0.907. The van der Waals surface area contributed by atoms with Crippen LogP contribution >= 0.6 is 0 Å². The Kier molecular flexibility index (Phi) is 5.77. The fourth-order valence-corrected chi connectivity index (χ4v) is 2.45. The van der Waals surface area contributed by atoms with Crippen LogP contribution in [-0.2, 0) is 6.18 Å². The number of pyridine rings is 1. The Morgan fingerprint density at radius 2 is 1.82 bits per heavy atom. The first kappa shape index (κ1) is 19.6. The largest absolute Gasteiger partial charge is 0.416 e. The minimum absolute atomic E-state index is 0.170. The summed E-state index contributed by atoms with van der Waals surface area (Å²) >= 11 is 0. The molecule has 2 aromatic heterocycles. The average molecular weight is 387 g/mol. The molecule has 3 aromatic rings. The fourth-order valence-electron chi connectivity index (χ4n) is 2.45. The number of benzene rings is 1. The van der Waals surface area contributed by atoms with Crippen molar-refractivity contribution >= 4 is 17.5 Å². The first-order chi connectivity index (χ1) is 13.3. The van der Waals surface area contributed by atoms with Crippen molar-refractivity contribution in [3.05, 3.63) is 60.4 Å². The molecule has 146 valence electrons. The second kappa shape index (κ2) is 8.24. The molecule has 0 bridgehead atoms. The maximum Gasteiger partial charge on any atom is 0.416 e. The van der Waals surface area contributed by atoms with Gasteiger partial charge in [0, 0.05) is 35.8 Å². The van der Waals surface area contributed by atoms with Crippen LogP contribution in [0.3, 0.4) is 0 Å². The van der Waals surface area contributed by atoms with Gasteiger partial charge in [0.05, 0.1) is 11.3 Å². The predicted octanol–water partition coefficient (Wildman–Crippen LogP) is 5.51. The topological polar surface area (TPSA) is 62.7 Å². The van der Waals surface area contributed by atoms with Crippen LogP contribution in [0.4, 0.5) is 30.6 Å². The van der Waals surface area contributed by atoms with Crippen LogP contribution in [0.15, 0.2) is 54.9 Å². The Hall–Kier alpha value is -3.16. The van der Waals surface area contributed by atoms with Gasteiger partial charge in [-0.25, -0.2) is 4.98 Å². The van der Waals surface area contributed by atoms with Crippen molar-refractivity contribution in [3.8, 4) is 11.3 Å². The molecule has 2 N–H and O–H groups in total. The quantitative estimate of drug-likeness (QED) is 0.584. The molecule has 3 rings (SSSR count). The molecule has 8 heteroatoms. The van der Waals surface area contributed by atoms with E-state index in [2.05, 4.69) is 25.6 Å². The van der Waals surface area contributed by atoms with Crippen molar-refractivity contribution in [3.63, 3.8) is 0 Å². The summed E-state index contributed by atoms with van der Waals surface area (Å²) in [5, 5.41) is 6.27. The summed E-state index contributed by atoms with van der Waals surface area (Å²) in [6.07, 6.45) is -0.113. The van der Waals surface area contributed by atoms with E-state index in [1.807, 2.05) is 26.0 Å². The Balaban J connectivity index is 1.91. The van der Waals surface area contributed by atoms with E-state index in [4.69, 9.17) is 0 Å². The monoisotopic (exact) mass is 387 g/mol. The maximum absolute atomic E-state index is 12.7. The van der Waals surface area contributed by atoms with Crippen LogP contribution < -0.4 is 10.6 Å². The lowest BCUT2D eigenvalue weighted by molar-refractivity contribution is -0.137. The summed E-state index contributed by atoms with van der Waals surface area (Å²) in [5.41, 5.74) is 1.27. The number of hydrogen-bond donors (Lipinski definition) is 2. The molecule has 0 spiro atoms. The van der Waals surface area contributed by atoms with Gasteiger partial charge in [0.25, 0.3) is 0 Å². The van der Waals surface area contributed by atoms with Crippen LogP contribution in [-0.4, -0.2) is 21.0 Å². The zero-order chi connectivity index (χ0) is 20.1. The van der Waals surface area contributed by atoms with E-state index in [1.165, 1.54) is 12.1 Å². The molecule has 2 heterocycles. The van der Waals surface area contributed by atoms with Gasteiger partial charge in [0.2, 0.25) is 5.95 Å². The highest BCUT2D eigenvalue weighted by Crippen LogP contribution is 2.30. The highest BCUT2D eigenvalue weighted by Gasteiger charge is 2.29. The Bertz CT molecular complexity index is 911. The smallest absolute Gasteiger partial charge is 0.352 e. The maximum atomic E-state index is 12.7. The minimum atomic E-state index is -4.37. The summed E-state index contributed by atoms with van der Waals surface area (Å²) in [6.45, 7) is 4.06. The second-order valence-corrected chi connectivity index (χ2v) is 6.36. The van der Waals surface area contributed by atoms with Gasteiger partial charge >= 0.3 is 6.18 Å². The third kappa shape index (κ3) is 4.97. The van der Waals surface area contributed by atoms with Gasteiger partial charge in [0.15, 0.2) is 0 Å². The van der Waals surface area contributed by atoms with Gasteiger partial charge < -0.3 is 10.6 Å². The average Bonchev–Trinajstić information content (AvgIpc) is 2.68. The van der Waals surface area contributed by atoms with Crippen LogP contribution in [0.25, 0.3) is 11.3 Å². The van der Waals surface area contributed by atoms with Crippen molar-refractivity contribution in [1.82, 2.24) is 15.0 Å². The van der Waals surface area contributed by atoms with Gasteiger partial charge in [-0.05, 0) is 49.7 Å². The predicted molar refractivity (Wildman–Crippen MR) is 103 cm³/mol. The van der Waals surface area contributed by atoms with Crippen molar-refractivity contribution in [2.24, 2.45) is 0 Å². The van der Waals surface area contributed by atoms with E-state index in [0.717, 1.165) is 24.1 Å². The van der Waals surface area contributed by atoms with Gasteiger partial charge in [-0.3, -0.25) is 4.98 Å². The van der Waals surface area contributed by atoms with Gasteiger partial charge in [-0.1, -0.05) is 6.92 Å². The minimum Gasteiger partial charge on any atom is -0.352 e. The SMILES string of the molecule is CC[C@@H](C)Nc1nc(Nc2ccc(C(F)(F)F)cc2)cc(-c2cccnc2)n1. The highest BCUT2D eigenvalue weighted by atomic mass is 19.4. The van der Waals surface area contributed by atoms with Crippen LogP contribution in [0.1, 0.15) is 25.8 Å². The summed E-state index contributed by atoms with van der Waals surface area (Å²) in [6, 6.07) is 10.4.